The Kier molecular flexibility index (Phi) is 2.17. The predicted octanol–water partition coefficient (Wildman–Crippen LogP) is 1.51. The number of rotatable bonds is 1. The van der Waals surface area contributed by atoms with Crippen LogP contribution in [0.25, 0.3) is 0 Å². The molecule has 4 aliphatic carbocycles. The van der Waals surface area contributed by atoms with Gasteiger partial charge in [0.05, 0.1) is 5.54 Å². The van der Waals surface area contributed by atoms with Crippen LogP contribution in [0.5, 0.6) is 0 Å². The molecule has 0 atom stereocenters. The summed E-state index contributed by atoms with van der Waals surface area (Å²) in [7, 11) is 0. The second kappa shape index (κ2) is 3.63. The number of hydrogen-bond acceptors (Lipinski definition) is 4. The second-order valence-electron chi connectivity index (χ2n) is 7.03. The van der Waals surface area contributed by atoms with Crippen molar-refractivity contribution in [3.8, 4) is 6.07 Å². The summed E-state index contributed by atoms with van der Waals surface area (Å²) in [6.45, 7) is 0. The molecule has 5 rings (SSSR count). The van der Waals surface area contributed by atoms with Crippen LogP contribution in [0.1, 0.15) is 38.5 Å². The van der Waals surface area contributed by atoms with E-state index in [0.717, 1.165) is 19.3 Å². The van der Waals surface area contributed by atoms with Gasteiger partial charge in [0.15, 0.2) is 0 Å². The van der Waals surface area contributed by atoms with E-state index in [2.05, 4.69) is 0 Å². The quantitative estimate of drug-likeness (QED) is 0.756. The van der Waals surface area contributed by atoms with Crippen molar-refractivity contribution < 1.29 is 4.79 Å². The van der Waals surface area contributed by atoms with Crippen LogP contribution in [-0.4, -0.2) is 22.2 Å². The van der Waals surface area contributed by atoms with Gasteiger partial charge in [0.1, 0.15) is 23.2 Å². The monoisotopic (exact) mass is 270 g/mol. The zero-order valence-corrected chi connectivity index (χ0v) is 11.4. The maximum absolute atomic E-state index is 12.5. The predicted molar refractivity (Wildman–Crippen MR) is 72.3 cm³/mol. The van der Waals surface area contributed by atoms with Crippen LogP contribution in [0.3, 0.4) is 0 Å². The molecule has 0 aromatic rings. The van der Waals surface area contributed by atoms with Gasteiger partial charge in [-0.2, -0.15) is 5.26 Å². The molecule has 4 fully saturated rings. The Morgan fingerprint density at radius 1 is 1.20 bits per heavy atom. The summed E-state index contributed by atoms with van der Waals surface area (Å²) in [5, 5.41) is 17.3. The number of nitrogens with one attached hydrogen (secondary N) is 1. The van der Waals surface area contributed by atoms with Gasteiger partial charge in [-0.1, -0.05) is 0 Å². The molecule has 0 radical (unpaired) electrons. The molecule has 0 aromatic heterocycles. The zero-order chi connectivity index (χ0) is 14.1. The number of amidine groups is 1. The van der Waals surface area contributed by atoms with Crippen molar-refractivity contribution in [3.05, 3.63) is 11.3 Å². The molecule has 5 aliphatic rings. The Morgan fingerprint density at radius 2 is 1.70 bits per heavy atom. The SMILES string of the molecule is N#CC1=C(N)C(=O)N(C23CC4CC(CC(C4)C2)C3)C1=N. The van der Waals surface area contributed by atoms with Crippen LogP contribution in [0.4, 0.5) is 0 Å². The molecular weight excluding hydrogens is 252 g/mol. The third-order valence-electron chi connectivity index (χ3n) is 5.76. The molecule has 0 unspecified atom stereocenters. The summed E-state index contributed by atoms with van der Waals surface area (Å²) < 4.78 is 0. The summed E-state index contributed by atoms with van der Waals surface area (Å²) in [6, 6.07) is 1.92. The fraction of sp³-hybridized carbons (Fsp3) is 0.667. The van der Waals surface area contributed by atoms with Crippen molar-refractivity contribution in [2.45, 2.75) is 44.1 Å². The van der Waals surface area contributed by atoms with Crippen molar-refractivity contribution in [2.75, 3.05) is 0 Å². The number of nitrogens with two attached hydrogens (primary N) is 1. The van der Waals surface area contributed by atoms with Crippen molar-refractivity contribution in [2.24, 2.45) is 23.5 Å². The van der Waals surface area contributed by atoms with Crippen LogP contribution < -0.4 is 5.73 Å². The van der Waals surface area contributed by atoms with Crippen molar-refractivity contribution >= 4 is 11.7 Å². The molecule has 0 spiro atoms. The van der Waals surface area contributed by atoms with Gasteiger partial charge in [-0.05, 0) is 56.3 Å². The molecule has 20 heavy (non-hydrogen) atoms. The van der Waals surface area contributed by atoms with Gasteiger partial charge < -0.3 is 5.73 Å². The Bertz CT molecular complexity index is 562. The highest BCUT2D eigenvalue weighted by atomic mass is 16.2. The lowest BCUT2D eigenvalue weighted by Gasteiger charge is -2.59. The first-order valence-electron chi connectivity index (χ1n) is 7.37. The average molecular weight is 270 g/mol. The van der Waals surface area contributed by atoms with E-state index in [-0.39, 0.29) is 28.6 Å². The maximum Gasteiger partial charge on any atom is 0.277 e. The molecule has 5 nitrogen and oxygen atoms in total. The molecule has 1 aliphatic heterocycles. The van der Waals surface area contributed by atoms with Crippen LogP contribution in [0.15, 0.2) is 11.3 Å². The number of nitriles is 1. The lowest BCUT2D eigenvalue weighted by molar-refractivity contribution is -0.136. The maximum atomic E-state index is 12.5. The Labute approximate surface area is 117 Å². The number of nitrogens with zero attached hydrogens (tertiary/aromatic N) is 2. The minimum absolute atomic E-state index is 0.0340. The summed E-state index contributed by atoms with van der Waals surface area (Å²) in [4.78, 5) is 14.0. The minimum atomic E-state index is -0.312. The highest BCUT2D eigenvalue weighted by Gasteiger charge is 2.57. The van der Waals surface area contributed by atoms with E-state index >= 15 is 0 Å². The first-order chi connectivity index (χ1) is 9.54. The summed E-state index contributed by atoms with van der Waals surface area (Å²) in [5.41, 5.74) is 5.55. The van der Waals surface area contributed by atoms with E-state index in [1.54, 1.807) is 4.90 Å². The standard InChI is InChI=1S/C15H18N4O/c16-7-11-12(17)14(20)19(13(11)18)15-4-8-1-9(5-15)3-10(2-8)6-15/h8-10,18H,1-6,17H2. The molecule has 0 saturated heterocycles. The normalized spacial score (nSPS) is 42.5. The number of carbonyl (C=O) groups is 1. The van der Waals surface area contributed by atoms with Crippen LogP contribution >= 0.6 is 0 Å². The average Bonchev–Trinajstić information content (AvgIpc) is 2.58. The Balaban J connectivity index is 1.74. The van der Waals surface area contributed by atoms with E-state index < -0.39 is 0 Å². The number of carbonyl (C=O) groups excluding carboxylic acids is 1. The van der Waals surface area contributed by atoms with Crippen LogP contribution in [0, 0.1) is 34.5 Å². The van der Waals surface area contributed by atoms with Gasteiger partial charge in [-0.15, -0.1) is 0 Å². The molecule has 3 N–H and O–H groups in total. The molecule has 104 valence electrons. The van der Waals surface area contributed by atoms with Gasteiger partial charge in [-0.25, -0.2) is 0 Å². The fourth-order valence-electron chi connectivity index (χ4n) is 5.47. The second-order valence-corrected chi connectivity index (χ2v) is 7.03. The van der Waals surface area contributed by atoms with Gasteiger partial charge in [-0.3, -0.25) is 15.1 Å². The summed E-state index contributed by atoms with van der Waals surface area (Å²) in [6.07, 6.45) is 6.80. The van der Waals surface area contributed by atoms with Gasteiger partial charge in [0.25, 0.3) is 5.91 Å². The number of amides is 1. The zero-order valence-electron chi connectivity index (χ0n) is 11.4. The van der Waals surface area contributed by atoms with E-state index in [0.29, 0.717) is 17.8 Å². The third kappa shape index (κ3) is 1.32. The molecular formula is C15H18N4O. The highest BCUT2D eigenvalue weighted by Crippen LogP contribution is 2.58. The smallest absolute Gasteiger partial charge is 0.277 e. The lowest BCUT2D eigenvalue weighted by atomic mass is 9.52. The molecule has 0 aromatic carbocycles. The molecule has 5 heteroatoms. The minimum Gasteiger partial charge on any atom is -0.393 e. The summed E-state index contributed by atoms with van der Waals surface area (Å²) >= 11 is 0. The van der Waals surface area contributed by atoms with E-state index in [1.807, 2.05) is 6.07 Å². The topological polar surface area (TPSA) is 94.0 Å². The highest BCUT2D eigenvalue weighted by molar-refractivity contribution is 6.22. The van der Waals surface area contributed by atoms with Crippen molar-refractivity contribution in [1.82, 2.24) is 4.90 Å². The summed E-state index contributed by atoms with van der Waals surface area (Å²) in [5.74, 6) is 1.79. The molecule has 1 heterocycles. The Hall–Kier alpha value is -1.83. The Morgan fingerprint density at radius 3 is 2.10 bits per heavy atom. The van der Waals surface area contributed by atoms with Crippen LogP contribution in [-0.2, 0) is 4.79 Å². The van der Waals surface area contributed by atoms with E-state index in [9.17, 15) is 4.79 Å². The van der Waals surface area contributed by atoms with Gasteiger partial charge in [0.2, 0.25) is 0 Å². The fourth-order valence-corrected chi connectivity index (χ4v) is 5.47. The number of hydrogen-bond donors (Lipinski definition) is 2. The van der Waals surface area contributed by atoms with Crippen molar-refractivity contribution in [1.29, 1.82) is 10.7 Å². The molecule has 1 amide bonds. The van der Waals surface area contributed by atoms with Crippen LogP contribution in [0.2, 0.25) is 0 Å². The first kappa shape index (κ1) is 12.0. The molecule has 4 bridgehead atoms. The molecule has 4 saturated carbocycles. The third-order valence-corrected chi connectivity index (χ3v) is 5.76. The van der Waals surface area contributed by atoms with Gasteiger partial charge >= 0.3 is 0 Å². The van der Waals surface area contributed by atoms with Crippen molar-refractivity contribution in [3.63, 3.8) is 0 Å². The lowest BCUT2D eigenvalue weighted by Crippen LogP contribution is -2.62. The first-order valence-corrected chi connectivity index (χ1v) is 7.37. The largest absolute Gasteiger partial charge is 0.393 e. The van der Waals surface area contributed by atoms with E-state index in [4.69, 9.17) is 16.4 Å². The van der Waals surface area contributed by atoms with Gasteiger partial charge in [0, 0.05) is 0 Å². The van der Waals surface area contributed by atoms with E-state index in [1.165, 1.54) is 19.3 Å².